The minimum Gasteiger partial charge on any atom is -0.382 e. The fraction of sp³-hybridized carbons (Fsp3) is 0.444. The van der Waals surface area contributed by atoms with E-state index >= 15 is 0 Å². The lowest BCUT2D eigenvalue weighted by Gasteiger charge is -2.29. The van der Waals surface area contributed by atoms with E-state index < -0.39 is 29.7 Å². The summed E-state index contributed by atoms with van der Waals surface area (Å²) in [6.07, 6.45) is 8.30. The molecule has 8 rings (SSSR count). The zero-order chi connectivity index (χ0) is 43.7. The van der Waals surface area contributed by atoms with Crippen molar-refractivity contribution in [2.24, 2.45) is 5.73 Å². The van der Waals surface area contributed by atoms with Crippen LogP contribution in [0.2, 0.25) is 0 Å². The van der Waals surface area contributed by atoms with Crippen LogP contribution in [0.3, 0.4) is 0 Å². The molecule has 3 atom stereocenters. The first-order chi connectivity index (χ1) is 30.8. The lowest BCUT2D eigenvalue weighted by Crippen LogP contribution is -2.54. The number of H-pyrrole nitrogens is 1. The van der Waals surface area contributed by atoms with Gasteiger partial charge in [-0.05, 0) is 49.1 Å². The van der Waals surface area contributed by atoms with Gasteiger partial charge in [0.05, 0.1) is 86.9 Å². The standard InChI is InChI=1S/C45H53N9O9/c46-31-7-1-2-8-32(31)50-38-26-34-41(43(57)49-27-48-34)35(51-38)25-28-5-3-10-36-29(28)13-15-53(36)16-18-61-20-22-63-24-23-62-21-19-60-17-14-47-33-9-4-6-30-40(33)45(59)54(44(30)58)37-11-12-39(55)52-42(37)56/h3-6,9-10,13,15,26-27,31-32,37,47H,1-2,7-8,11-12,14,16-25,46H2,(H,50,51)(H,48,49,57)(H,52,55,56)/t31-,32+,37?/m0/s1. The lowest BCUT2D eigenvalue weighted by molar-refractivity contribution is -0.136. The highest BCUT2D eigenvalue weighted by atomic mass is 16.6. The molecule has 63 heavy (non-hydrogen) atoms. The highest BCUT2D eigenvalue weighted by molar-refractivity contribution is 6.25. The number of ether oxygens (including phenoxy) is 4. The van der Waals surface area contributed by atoms with E-state index in [2.05, 4.69) is 48.7 Å². The number of carbonyl (C=O) groups is 4. The molecule has 2 fully saturated rings. The van der Waals surface area contributed by atoms with Gasteiger partial charge in [0.15, 0.2) is 0 Å². The van der Waals surface area contributed by atoms with E-state index in [4.69, 9.17) is 29.7 Å². The number of benzene rings is 2. The molecule has 2 aliphatic heterocycles. The van der Waals surface area contributed by atoms with Crippen molar-refractivity contribution >= 4 is 56.9 Å². The average Bonchev–Trinajstić information content (AvgIpc) is 3.81. The number of aromatic nitrogens is 4. The lowest BCUT2D eigenvalue weighted by atomic mass is 9.91. The Kier molecular flexibility index (Phi) is 14.1. The van der Waals surface area contributed by atoms with Crippen molar-refractivity contribution in [2.75, 3.05) is 70.0 Å². The molecule has 4 amide bonds. The highest BCUT2D eigenvalue weighted by Gasteiger charge is 2.45. The molecular formula is C45H53N9O9. The van der Waals surface area contributed by atoms with E-state index in [9.17, 15) is 24.0 Å². The van der Waals surface area contributed by atoms with Crippen LogP contribution in [-0.4, -0.2) is 126 Å². The number of amides is 4. The number of hydrogen-bond donors (Lipinski definition) is 5. The van der Waals surface area contributed by atoms with Crippen LogP contribution in [0.4, 0.5) is 11.5 Å². The quantitative estimate of drug-likeness (QED) is 0.0527. The molecule has 0 bridgehead atoms. The monoisotopic (exact) mass is 863 g/mol. The van der Waals surface area contributed by atoms with E-state index in [1.807, 2.05) is 18.3 Å². The first-order valence-corrected chi connectivity index (χ1v) is 21.6. The van der Waals surface area contributed by atoms with E-state index in [0.717, 1.165) is 47.0 Å². The van der Waals surface area contributed by atoms with E-state index in [-0.39, 0.29) is 41.6 Å². The molecule has 0 spiro atoms. The van der Waals surface area contributed by atoms with Gasteiger partial charge in [-0.1, -0.05) is 31.0 Å². The fourth-order valence-corrected chi connectivity index (χ4v) is 8.56. The molecule has 1 unspecified atom stereocenters. The normalized spacial score (nSPS) is 18.9. The minimum absolute atomic E-state index is 0.0555. The molecule has 18 heteroatoms. The molecule has 1 saturated heterocycles. The van der Waals surface area contributed by atoms with Gasteiger partial charge < -0.3 is 44.9 Å². The number of nitrogens with one attached hydrogen (secondary N) is 4. The van der Waals surface area contributed by atoms with E-state index in [1.165, 1.54) is 6.33 Å². The summed E-state index contributed by atoms with van der Waals surface area (Å²) in [4.78, 5) is 76.3. The molecule has 3 aliphatic rings. The number of rotatable bonds is 21. The van der Waals surface area contributed by atoms with Crippen LogP contribution in [0.25, 0.3) is 21.8 Å². The summed E-state index contributed by atoms with van der Waals surface area (Å²) in [7, 11) is 0. The second-order valence-corrected chi connectivity index (χ2v) is 15.9. The maximum absolute atomic E-state index is 13.2. The molecule has 1 saturated carbocycles. The van der Waals surface area contributed by atoms with Crippen LogP contribution in [0.5, 0.6) is 0 Å². The molecule has 5 heterocycles. The molecule has 2 aromatic carbocycles. The highest BCUT2D eigenvalue weighted by Crippen LogP contribution is 2.32. The van der Waals surface area contributed by atoms with Gasteiger partial charge in [0.1, 0.15) is 11.9 Å². The predicted octanol–water partition coefficient (Wildman–Crippen LogP) is 3.13. The van der Waals surface area contributed by atoms with Crippen LogP contribution < -0.4 is 27.2 Å². The van der Waals surface area contributed by atoms with Crippen molar-refractivity contribution < 1.29 is 38.1 Å². The molecule has 3 aromatic heterocycles. The first-order valence-electron chi connectivity index (χ1n) is 21.6. The summed E-state index contributed by atoms with van der Waals surface area (Å²) in [6.45, 7) is 4.30. The zero-order valence-corrected chi connectivity index (χ0v) is 35.1. The van der Waals surface area contributed by atoms with Crippen molar-refractivity contribution in [1.82, 2.24) is 29.7 Å². The van der Waals surface area contributed by atoms with E-state index in [1.54, 1.807) is 18.2 Å². The number of hydrogen-bond acceptors (Lipinski definition) is 14. The first kappa shape index (κ1) is 43.6. The number of aromatic amines is 1. The van der Waals surface area contributed by atoms with Gasteiger partial charge in [0.2, 0.25) is 11.8 Å². The minimum atomic E-state index is -1.02. The van der Waals surface area contributed by atoms with Crippen LogP contribution in [-0.2, 0) is 41.5 Å². The zero-order valence-electron chi connectivity index (χ0n) is 35.1. The molecule has 5 aromatic rings. The topological polar surface area (TPSA) is 234 Å². The van der Waals surface area contributed by atoms with Crippen molar-refractivity contribution in [3.8, 4) is 0 Å². The molecule has 332 valence electrons. The van der Waals surface area contributed by atoms with Crippen LogP contribution in [0.1, 0.15) is 70.5 Å². The van der Waals surface area contributed by atoms with Gasteiger partial charge in [0, 0.05) is 66.9 Å². The Bertz CT molecular complexity index is 2520. The Hall–Kier alpha value is -6.05. The number of carbonyl (C=O) groups excluding carboxylic acids is 4. The smallest absolute Gasteiger partial charge is 0.264 e. The fourth-order valence-electron chi connectivity index (χ4n) is 8.56. The number of nitrogens with two attached hydrogens (primary N) is 1. The van der Waals surface area contributed by atoms with Crippen LogP contribution in [0.15, 0.2) is 65.8 Å². The van der Waals surface area contributed by atoms with E-state index in [0.29, 0.717) is 100 Å². The van der Waals surface area contributed by atoms with Gasteiger partial charge in [-0.2, -0.15) is 0 Å². The number of fused-ring (bicyclic) bond motifs is 3. The second-order valence-electron chi connectivity index (χ2n) is 15.9. The Morgan fingerprint density at radius 2 is 1.57 bits per heavy atom. The van der Waals surface area contributed by atoms with Crippen molar-refractivity contribution in [3.63, 3.8) is 0 Å². The maximum atomic E-state index is 13.2. The summed E-state index contributed by atoms with van der Waals surface area (Å²) in [5.74, 6) is -1.50. The van der Waals surface area contributed by atoms with Gasteiger partial charge in [-0.15, -0.1) is 0 Å². The van der Waals surface area contributed by atoms with Gasteiger partial charge >= 0.3 is 0 Å². The third-order valence-electron chi connectivity index (χ3n) is 11.7. The molecule has 1 aliphatic carbocycles. The molecule has 0 radical (unpaired) electrons. The number of imide groups is 2. The van der Waals surface area contributed by atoms with Crippen molar-refractivity contribution in [2.45, 2.75) is 69.6 Å². The number of nitrogens with zero attached hydrogens (tertiary/aromatic N) is 4. The average molecular weight is 864 g/mol. The third-order valence-corrected chi connectivity index (χ3v) is 11.7. The maximum Gasteiger partial charge on any atom is 0.264 e. The Balaban J connectivity index is 0.708. The Morgan fingerprint density at radius 1 is 0.825 bits per heavy atom. The Labute approximate surface area is 363 Å². The summed E-state index contributed by atoms with van der Waals surface area (Å²) >= 11 is 0. The number of pyridine rings is 1. The van der Waals surface area contributed by atoms with Gasteiger partial charge in [0.25, 0.3) is 17.4 Å². The van der Waals surface area contributed by atoms with Crippen molar-refractivity contribution in [3.05, 3.63) is 93.8 Å². The predicted molar refractivity (Wildman–Crippen MR) is 234 cm³/mol. The Morgan fingerprint density at radius 3 is 2.35 bits per heavy atom. The number of piperidine rings is 1. The molecular weight excluding hydrogens is 811 g/mol. The van der Waals surface area contributed by atoms with Crippen LogP contribution >= 0.6 is 0 Å². The van der Waals surface area contributed by atoms with Gasteiger partial charge in [-0.3, -0.25) is 34.2 Å². The number of anilines is 2. The summed E-state index contributed by atoms with van der Waals surface area (Å²) in [6, 6.07) is 14.2. The second kappa shape index (κ2) is 20.4. The molecule has 18 nitrogen and oxygen atoms in total. The summed E-state index contributed by atoms with van der Waals surface area (Å²) < 4.78 is 25.0. The third kappa shape index (κ3) is 10.1. The largest absolute Gasteiger partial charge is 0.382 e. The summed E-state index contributed by atoms with van der Waals surface area (Å²) in [5, 5.41) is 10.5. The van der Waals surface area contributed by atoms with Crippen LogP contribution in [0, 0.1) is 0 Å². The summed E-state index contributed by atoms with van der Waals surface area (Å²) in [5.41, 5.74) is 10.5. The SMILES string of the molecule is N[C@H]1CCCC[C@H]1Nc1cc2nc[nH]c(=O)c2c(Cc2cccc3c2ccn3CCOCCOCCOCCOCCNc2cccc3c2C(=O)N(C2CCC(=O)NC2=O)C3=O)n1. The van der Waals surface area contributed by atoms with Gasteiger partial charge in [-0.25, -0.2) is 9.97 Å². The van der Waals surface area contributed by atoms with Crippen molar-refractivity contribution in [1.29, 1.82) is 0 Å². The molecule has 6 N–H and O–H groups in total.